The molecule has 128 valence electrons. The molecule has 4 nitrogen and oxygen atoms in total. The quantitative estimate of drug-likeness (QED) is 0.324. The largest absolute Gasteiger partial charge is 0.504 e. The van der Waals surface area contributed by atoms with Gasteiger partial charge in [0.2, 0.25) is 5.75 Å². The molecule has 0 unspecified atom stereocenters. The van der Waals surface area contributed by atoms with Crippen molar-refractivity contribution in [2.75, 3.05) is 0 Å². The van der Waals surface area contributed by atoms with E-state index in [1.165, 1.54) is 6.07 Å². The molecule has 0 aliphatic heterocycles. The van der Waals surface area contributed by atoms with Crippen LogP contribution in [0.1, 0.15) is 0 Å². The van der Waals surface area contributed by atoms with E-state index in [-0.39, 0.29) is 17.1 Å². The van der Waals surface area contributed by atoms with E-state index >= 15 is 0 Å². The molecule has 0 bridgehead atoms. The molecule has 0 saturated carbocycles. The number of hydrogen-bond acceptors (Lipinski definition) is 4. The zero-order valence-electron chi connectivity index (χ0n) is 13.5. The third-order valence-corrected chi connectivity index (χ3v) is 4.65. The maximum atomic E-state index is 12.9. The number of rotatable bonds is 3. The zero-order chi connectivity index (χ0) is 18.1. The second-order valence-electron chi connectivity index (χ2n) is 5.74. The van der Waals surface area contributed by atoms with Gasteiger partial charge in [-0.25, -0.2) is 4.79 Å². The van der Waals surface area contributed by atoms with Crippen molar-refractivity contribution in [1.29, 1.82) is 0 Å². The van der Waals surface area contributed by atoms with Gasteiger partial charge in [-0.15, -0.1) is 0 Å². The fraction of sp³-hybridized carbons (Fsp3) is 0. The number of phenolic OH excluding ortho intramolecular Hbond substituents is 1. The molecule has 0 aliphatic carbocycles. The lowest BCUT2D eigenvalue weighted by Crippen LogP contribution is -2.06. The molecule has 0 spiro atoms. The van der Waals surface area contributed by atoms with Crippen LogP contribution in [0.25, 0.3) is 33.2 Å². The van der Waals surface area contributed by atoms with Crippen molar-refractivity contribution in [1.82, 2.24) is 0 Å². The number of aromatic hydroxyl groups is 1. The van der Waals surface area contributed by atoms with Gasteiger partial charge < -0.3 is 12.6 Å². The van der Waals surface area contributed by atoms with E-state index in [1.807, 2.05) is 60.7 Å². The fourth-order valence-corrected chi connectivity index (χ4v) is 3.50. The molecule has 4 aromatic rings. The zero-order valence-corrected chi connectivity index (χ0v) is 15.6. The highest BCUT2D eigenvalue weighted by Gasteiger charge is 2.21. The minimum atomic E-state index is -0.483. The van der Waals surface area contributed by atoms with Gasteiger partial charge in [0.05, 0.1) is 5.56 Å². The van der Waals surface area contributed by atoms with E-state index in [0.29, 0.717) is 10.9 Å². The van der Waals surface area contributed by atoms with Crippen molar-refractivity contribution in [2.45, 2.75) is 0 Å². The van der Waals surface area contributed by atoms with Crippen LogP contribution in [0.3, 0.4) is 0 Å². The Labute approximate surface area is 163 Å². The van der Waals surface area contributed by atoms with E-state index < -0.39 is 5.63 Å². The molecule has 1 aromatic heterocycles. The topological polar surface area (TPSA) is 59.7 Å². The molecule has 3 aromatic carbocycles. The van der Waals surface area contributed by atoms with E-state index in [2.05, 4.69) is 0 Å². The minimum Gasteiger partial charge on any atom is -0.504 e. The summed E-state index contributed by atoms with van der Waals surface area (Å²) in [4.78, 5) is 12.9. The highest BCUT2D eigenvalue weighted by Crippen LogP contribution is 2.42. The Bertz CT molecular complexity index is 1140. The molecule has 0 amide bonds. The maximum Gasteiger partial charge on any atom is 0.344 e. The number of halogens is 1. The summed E-state index contributed by atoms with van der Waals surface area (Å²) in [7, 11) is 0. The van der Waals surface area contributed by atoms with Crippen molar-refractivity contribution >= 4 is 34.0 Å². The van der Waals surface area contributed by atoms with Crippen molar-refractivity contribution in [3.63, 3.8) is 0 Å². The predicted molar refractivity (Wildman–Crippen MR) is 110 cm³/mol. The first-order valence-corrected chi connectivity index (χ1v) is 8.81. The average Bonchev–Trinajstić information content (AvgIpc) is 2.68. The van der Waals surface area contributed by atoms with E-state index in [1.54, 1.807) is 29.1 Å². The fourth-order valence-electron chi connectivity index (χ4n) is 3.08. The van der Waals surface area contributed by atoms with Gasteiger partial charge in [-0.1, -0.05) is 60.7 Å². The van der Waals surface area contributed by atoms with Crippen LogP contribution >= 0.6 is 23.0 Å². The van der Waals surface area contributed by atoms with E-state index in [9.17, 15) is 9.90 Å². The lowest BCUT2D eigenvalue weighted by atomic mass is 9.93. The lowest BCUT2D eigenvalue weighted by Gasteiger charge is -2.14. The molecule has 5 heteroatoms. The van der Waals surface area contributed by atoms with Gasteiger partial charge >= 0.3 is 5.63 Å². The molecule has 4 rings (SSSR count). The normalized spacial score (nSPS) is 10.8. The Morgan fingerprint density at radius 3 is 1.96 bits per heavy atom. The molecular weight excluding hydrogens is 443 g/mol. The van der Waals surface area contributed by atoms with E-state index in [4.69, 9.17) is 7.48 Å². The molecule has 0 fully saturated rings. The molecular formula is C21H13IO4. The van der Waals surface area contributed by atoms with Gasteiger partial charge in [0.1, 0.15) is 0 Å². The van der Waals surface area contributed by atoms with Crippen LogP contribution in [-0.4, -0.2) is 5.11 Å². The van der Waals surface area contributed by atoms with Gasteiger partial charge in [-0.05, 0) is 23.3 Å². The van der Waals surface area contributed by atoms with Crippen LogP contribution in [0.15, 0.2) is 82.0 Å². The first-order chi connectivity index (χ1) is 12.7. The second-order valence-corrected chi connectivity index (χ2v) is 6.18. The van der Waals surface area contributed by atoms with Crippen LogP contribution in [0, 0.1) is 0 Å². The summed E-state index contributed by atoms with van der Waals surface area (Å²) in [5.41, 5.74) is 2.62. The molecule has 0 radical (unpaired) electrons. The monoisotopic (exact) mass is 456 g/mol. The number of benzene rings is 3. The van der Waals surface area contributed by atoms with Gasteiger partial charge in [-0.3, -0.25) is 0 Å². The summed E-state index contributed by atoms with van der Waals surface area (Å²) < 4.78 is 10.8. The van der Waals surface area contributed by atoms with E-state index in [0.717, 1.165) is 16.7 Å². The Hall–Kier alpha value is -2.80. The van der Waals surface area contributed by atoms with Gasteiger partial charge in [0, 0.05) is 10.9 Å². The van der Waals surface area contributed by atoms with Crippen molar-refractivity contribution in [3.8, 4) is 33.8 Å². The standard InChI is InChI=1S/C21H13IO4/c22-26-20-16(23)12-11-15-17(13-7-3-1-4-8-13)18(21(24)25-19(15)20)14-9-5-2-6-10-14/h1-12,23H. The van der Waals surface area contributed by atoms with Crippen molar-refractivity contribution in [3.05, 3.63) is 83.2 Å². The Morgan fingerprint density at radius 2 is 1.38 bits per heavy atom. The number of hydrogen-bond donors (Lipinski definition) is 1. The molecule has 1 N–H and O–H groups in total. The summed E-state index contributed by atoms with van der Waals surface area (Å²) in [6.45, 7) is 0. The number of fused-ring (bicyclic) bond motifs is 1. The van der Waals surface area contributed by atoms with Gasteiger partial charge in [0.15, 0.2) is 34.3 Å². The minimum absolute atomic E-state index is 0.0819. The first kappa shape index (κ1) is 16.7. The first-order valence-electron chi connectivity index (χ1n) is 7.93. The third-order valence-electron chi connectivity index (χ3n) is 4.21. The summed E-state index contributed by atoms with van der Waals surface area (Å²) in [6.07, 6.45) is 0. The highest BCUT2D eigenvalue weighted by atomic mass is 127. The number of phenols is 1. The SMILES string of the molecule is O=c1oc2c(OI)c(O)ccc2c(-c2ccccc2)c1-c1ccccc1. The summed E-state index contributed by atoms with van der Waals surface area (Å²) in [6, 6.07) is 22.3. The van der Waals surface area contributed by atoms with Crippen LogP contribution in [0.2, 0.25) is 0 Å². The molecule has 0 saturated heterocycles. The van der Waals surface area contributed by atoms with Gasteiger partial charge in [0.25, 0.3) is 0 Å². The predicted octanol–water partition coefficient (Wildman–Crippen LogP) is 5.56. The maximum absolute atomic E-state index is 12.9. The Kier molecular flexibility index (Phi) is 4.38. The average molecular weight is 456 g/mol. The van der Waals surface area contributed by atoms with Crippen LogP contribution in [0.4, 0.5) is 0 Å². The highest BCUT2D eigenvalue weighted by molar-refractivity contribution is 14.1. The van der Waals surface area contributed by atoms with Crippen molar-refractivity contribution in [2.24, 2.45) is 0 Å². The van der Waals surface area contributed by atoms with Crippen molar-refractivity contribution < 1.29 is 12.6 Å². The van der Waals surface area contributed by atoms with Crippen LogP contribution in [0.5, 0.6) is 11.5 Å². The van der Waals surface area contributed by atoms with Crippen LogP contribution < -0.4 is 8.69 Å². The molecule has 1 heterocycles. The Balaban J connectivity index is 2.20. The summed E-state index contributed by atoms with van der Waals surface area (Å²) >= 11 is 1.66. The molecule has 0 aliphatic rings. The smallest absolute Gasteiger partial charge is 0.344 e. The Morgan fingerprint density at radius 1 is 0.808 bits per heavy atom. The lowest BCUT2D eigenvalue weighted by molar-refractivity contribution is 0.452. The third kappa shape index (κ3) is 2.74. The molecule has 26 heavy (non-hydrogen) atoms. The summed E-state index contributed by atoms with van der Waals surface area (Å²) in [5.74, 6) is 0.0542. The van der Waals surface area contributed by atoms with Gasteiger partial charge in [-0.2, -0.15) is 0 Å². The second kappa shape index (κ2) is 6.84. The molecule has 0 atom stereocenters. The summed E-state index contributed by atoms with van der Waals surface area (Å²) in [5, 5.41) is 10.7. The van der Waals surface area contributed by atoms with Crippen LogP contribution in [-0.2, 0) is 0 Å².